The van der Waals surface area contributed by atoms with Crippen LogP contribution in [0.15, 0.2) is 18.2 Å². The molecule has 1 aromatic rings. The van der Waals surface area contributed by atoms with Gasteiger partial charge in [0.1, 0.15) is 5.75 Å². The molecule has 1 aliphatic rings. The van der Waals surface area contributed by atoms with Crippen LogP contribution in [-0.2, 0) is 0 Å². The minimum atomic E-state index is -0.0895. The summed E-state index contributed by atoms with van der Waals surface area (Å²) in [5.74, 6) is -0.0314. The lowest BCUT2D eigenvalue weighted by atomic mass is 10.0. The Morgan fingerprint density at radius 2 is 2.24 bits per heavy atom. The number of carbonyl (C=O) groups is 1. The van der Waals surface area contributed by atoms with E-state index in [-0.39, 0.29) is 17.7 Å². The standard InChI is InChI=1S/C16H23IN2O2/c1-11(2)19(10-13-5-3-4-8-18-13)16(21)14-9-12(17)6-7-15(14)20/h6-7,9,11,13,18,20H,3-5,8,10H2,1-2H3. The average molecular weight is 402 g/mol. The molecule has 1 atom stereocenters. The molecule has 1 fully saturated rings. The smallest absolute Gasteiger partial charge is 0.257 e. The van der Waals surface area contributed by atoms with Crippen LogP contribution in [0.2, 0.25) is 0 Å². The molecule has 1 aliphatic heterocycles. The van der Waals surface area contributed by atoms with E-state index in [1.165, 1.54) is 12.8 Å². The van der Waals surface area contributed by atoms with Gasteiger partial charge in [-0.25, -0.2) is 0 Å². The maximum atomic E-state index is 12.8. The van der Waals surface area contributed by atoms with Crippen molar-refractivity contribution in [3.63, 3.8) is 0 Å². The van der Waals surface area contributed by atoms with Crippen LogP contribution in [0.25, 0.3) is 0 Å². The van der Waals surface area contributed by atoms with Crippen molar-refractivity contribution in [1.29, 1.82) is 0 Å². The van der Waals surface area contributed by atoms with Crippen molar-refractivity contribution in [1.82, 2.24) is 10.2 Å². The molecule has 116 valence electrons. The number of phenols is 1. The zero-order chi connectivity index (χ0) is 15.4. The monoisotopic (exact) mass is 402 g/mol. The minimum Gasteiger partial charge on any atom is -0.507 e. The van der Waals surface area contributed by atoms with Gasteiger partial charge in [-0.3, -0.25) is 4.79 Å². The second-order valence-corrected chi connectivity index (χ2v) is 7.11. The molecule has 1 heterocycles. The first-order chi connectivity index (χ1) is 9.99. The van der Waals surface area contributed by atoms with Gasteiger partial charge in [0.25, 0.3) is 5.91 Å². The fourth-order valence-electron chi connectivity index (χ4n) is 2.68. The number of benzene rings is 1. The van der Waals surface area contributed by atoms with Crippen LogP contribution in [-0.4, -0.2) is 41.1 Å². The number of amides is 1. The number of hydrogen-bond donors (Lipinski definition) is 2. The predicted molar refractivity (Wildman–Crippen MR) is 92.6 cm³/mol. The summed E-state index contributed by atoms with van der Waals surface area (Å²) < 4.78 is 0.952. The maximum Gasteiger partial charge on any atom is 0.257 e. The molecule has 0 saturated carbocycles. The van der Waals surface area contributed by atoms with Gasteiger partial charge in [-0.1, -0.05) is 6.42 Å². The summed E-state index contributed by atoms with van der Waals surface area (Å²) in [4.78, 5) is 14.6. The second kappa shape index (κ2) is 7.45. The number of carbonyl (C=O) groups excluding carboxylic acids is 1. The summed E-state index contributed by atoms with van der Waals surface area (Å²) >= 11 is 2.16. The highest BCUT2D eigenvalue weighted by Gasteiger charge is 2.25. The van der Waals surface area contributed by atoms with Crippen molar-refractivity contribution in [2.45, 2.75) is 45.2 Å². The van der Waals surface area contributed by atoms with Crippen molar-refractivity contribution in [2.24, 2.45) is 0 Å². The molecular weight excluding hydrogens is 379 g/mol. The summed E-state index contributed by atoms with van der Waals surface area (Å²) in [6.45, 7) is 5.76. The van der Waals surface area contributed by atoms with E-state index in [4.69, 9.17) is 0 Å². The predicted octanol–water partition coefficient (Wildman–Crippen LogP) is 2.99. The average Bonchev–Trinajstić information content (AvgIpc) is 2.47. The molecule has 1 saturated heterocycles. The third-order valence-corrected chi connectivity index (χ3v) is 4.57. The highest BCUT2D eigenvalue weighted by Crippen LogP contribution is 2.23. The lowest BCUT2D eigenvalue weighted by Crippen LogP contribution is -2.48. The number of rotatable bonds is 4. The fraction of sp³-hybridized carbons (Fsp3) is 0.562. The maximum absolute atomic E-state index is 12.8. The van der Waals surface area contributed by atoms with Gasteiger partial charge in [0.2, 0.25) is 0 Å². The summed E-state index contributed by atoms with van der Waals surface area (Å²) in [6, 6.07) is 5.61. The highest BCUT2D eigenvalue weighted by molar-refractivity contribution is 14.1. The van der Waals surface area contributed by atoms with E-state index in [1.54, 1.807) is 18.2 Å². The molecule has 0 spiro atoms. The molecule has 0 radical (unpaired) electrons. The van der Waals surface area contributed by atoms with E-state index in [2.05, 4.69) is 27.9 Å². The minimum absolute atomic E-state index is 0.0580. The van der Waals surface area contributed by atoms with Gasteiger partial charge in [0.05, 0.1) is 5.56 Å². The van der Waals surface area contributed by atoms with Crippen LogP contribution in [0.5, 0.6) is 5.75 Å². The fourth-order valence-corrected chi connectivity index (χ4v) is 3.17. The number of nitrogens with zero attached hydrogens (tertiary/aromatic N) is 1. The molecule has 0 aliphatic carbocycles. The summed E-state index contributed by atoms with van der Waals surface area (Å²) in [6.07, 6.45) is 3.53. The molecule has 2 rings (SSSR count). The number of phenolic OH excluding ortho intramolecular Hbond substituents is 1. The van der Waals surface area contributed by atoms with Crippen LogP contribution in [0, 0.1) is 3.57 Å². The first-order valence-corrected chi connectivity index (χ1v) is 8.59. The summed E-state index contributed by atoms with van der Waals surface area (Å²) in [7, 11) is 0. The van der Waals surface area contributed by atoms with Crippen molar-refractivity contribution in [3.8, 4) is 5.75 Å². The Morgan fingerprint density at radius 1 is 1.48 bits per heavy atom. The molecular formula is C16H23IN2O2. The third kappa shape index (κ3) is 4.32. The van der Waals surface area contributed by atoms with E-state index in [1.807, 2.05) is 18.7 Å². The molecule has 2 N–H and O–H groups in total. The molecule has 1 unspecified atom stereocenters. The number of aromatic hydroxyl groups is 1. The van der Waals surface area contributed by atoms with Crippen molar-refractivity contribution < 1.29 is 9.90 Å². The van der Waals surface area contributed by atoms with Gasteiger partial charge >= 0.3 is 0 Å². The highest BCUT2D eigenvalue weighted by atomic mass is 127. The van der Waals surface area contributed by atoms with E-state index < -0.39 is 0 Å². The van der Waals surface area contributed by atoms with Gasteiger partial charge < -0.3 is 15.3 Å². The zero-order valence-electron chi connectivity index (χ0n) is 12.6. The molecule has 21 heavy (non-hydrogen) atoms. The van der Waals surface area contributed by atoms with Crippen LogP contribution < -0.4 is 5.32 Å². The lowest BCUT2D eigenvalue weighted by Gasteiger charge is -2.33. The SMILES string of the molecule is CC(C)N(CC1CCCCN1)C(=O)c1cc(I)ccc1O. The largest absolute Gasteiger partial charge is 0.507 e. The van der Waals surface area contributed by atoms with E-state index in [0.29, 0.717) is 18.2 Å². The Kier molecular flexibility index (Phi) is 5.87. The molecule has 4 nitrogen and oxygen atoms in total. The van der Waals surface area contributed by atoms with E-state index >= 15 is 0 Å². The number of nitrogens with one attached hydrogen (secondary N) is 1. The third-order valence-electron chi connectivity index (χ3n) is 3.90. The Balaban J connectivity index is 2.16. The number of piperidine rings is 1. The first kappa shape index (κ1) is 16.5. The lowest BCUT2D eigenvalue weighted by molar-refractivity contribution is 0.0673. The zero-order valence-corrected chi connectivity index (χ0v) is 14.8. The van der Waals surface area contributed by atoms with Gasteiger partial charge in [-0.15, -0.1) is 0 Å². The molecule has 0 bridgehead atoms. The van der Waals surface area contributed by atoms with Crippen molar-refractivity contribution in [2.75, 3.05) is 13.1 Å². The number of hydrogen-bond acceptors (Lipinski definition) is 3. The van der Waals surface area contributed by atoms with E-state index in [0.717, 1.165) is 16.5 Å². The Hall–Kier alpha value is -0.820. The Bertz CT molecular complexity index is 499. The Labute approximate surface area is 140 Å². The van der Waals surface area contributed by atoms with Crippen LogP contribution in [0.4, 0.5) is 0 Å². The van der Waals surface area contributed by atoms with Crippen molar-refractivity contribution in [3.05, 3.63) is 27.3 Å². The quantitative estimate of drug-likeness (QED) is 0.762. The molecule has 0 aromatic heterocycles. The summed E-state index contributed by atoms with van der Waals surface area (Å²) in [5.41, 5.74) is 0.395. The Morgan fingerprint density at radius 3 is 2.86 bits per heavy atom. The summed E-state index contributed by atoms with van der Waals surface area (Å²) in [5, 5.41) is 13.5. The molecule has 1 aromatic carbocycles. The normalized spacial score (nSPS) is 18.8. The first-order valence-electron chi connectivity index (χ1n) is 7.52. The van der Waals surface area contributed by atoms with Gasteiger partial charge in [-0.05, 0) is 74.0 Å². The van der Waals surface area contributed by atoms with Gasteiger partial charge in [0.15, 0.2) is 0 Å². The topological polar surface area (TPSA) is 52.6 Å². The van der Waals surface area contributed by atoms with Crippen molar-refractivity contribution >= 4 is 28.5 Å². The second-order valence-electron chi connectivity index (χ2n) is 5.86. The molecule has 5 heteroatoms. The van der Waals surface area contributed by atoms with Crippen LogP contribution in [0.1, 0.15) is 43.5 Å². The molecule has 1 amide bonds. The van der Waals surface area contributed by atoms with E-state index in [9.17, 15) is 9.90 Å². The van der Waals surface area contributed by atoms with Crippen LogP contribution in [0.3, 0.4) is 0 Å². The van der Waals surface area contributed by atoms with Gasteiger partial charge in [0, 0.05) is 22.2 Å². The van der Waals surface area contributed by atoms with Gasteiger partial charge in [-0.2, -0.15) is 0 Å². The number of halogens is 1. The van der Waals surface area contributed by atoms with Crippen LogP contribution >= 0.6 is 22.6 Å².